The van der Waals surface area contributed by atoms with Gasteiger partial charge in [-0.1, -0.05) is 12.1 Å². The number of nitrogens with one attached hydrogen (secondary N) is 1. The number of aryl methyl sites for hydroxylation is 1. The highest BCUT2D eigenvalue weighted by atomic mass is 19.1. The van der Waals surface area contributed by atoms with E-state index in [2.05, 4.69) is 15.2 Å². The molecular formula is C26H35FN4O2. The van der Waals surface area contributed by atoms with Crippen LogP contribution in [-0.4, -0.2) is 47.2 Å². The smallest absolute Gasteiger partial charge is 0.291 e. The summed E-state index contributed by atoms with van der Waals surface area (Å²) in [5.41, 5.74) is 3.71. The van der Waals surface area contributed by atoms with E-state index < -0.39 is 5.82 Å². The first kappa shape index (κ1) is 22.5. The second kappa shape index (κ2) is 8.51. The van der Waals surface area contributed by atoms with Crippen molar-refractivity contribution in [3.8, 4) is 0 Å². The fourth-order valence-corrected chi connectivity index (χ4v) is 6.59. The molecule has 1 aromatic carbocycles. The molecule has 3 aliphatic rings. The first-order valence-electron chi connectivity index (χ1n) is 12.2. The number of amides is 1. The molecule has 2 heterocycles. The van der Waals surface area contributed by atoms with E-state index in [1.807, 2.05) is 18.7 Å². The van der Waals surface area contributed by atoms with E-state index in [4.69, 9.17) is 4.74 Å². The Balaban J connectivity index is 1.23. The van der Waals surface area contributed by atoms with Crippen molar-refractivity contribution in [1.82, 2.24) is 14.5 Å². The lowest BCUT2D eigenvalue weighted by atomic mass is 9.80. The molecule has 178 valence electrons. The number of methoxy groups -OCH3 is 1. The third kappa shape index (κ3) is 4.10. The van der Waals surface area contributed by atoms with Crippen molar-refractivity contribution in [1.29, 1.82) is 0 Å². The topological polar surface area (TPSA) is 59.4 Å². The second-order valence-electron chi connectivity index (χ2n) is 10.7. The van der Waals surface area contributed by atoms with Gasteiger partial charge in [0, 0.05) is 39.4 Å². The molecule has 5 rings (SSSR count). The largest absolute Gasteiger partial charge is 0.384 e. The standard InChI is InChI=1S/C26H35FN4O2/c1-18-5-4-6-19(22(18)27)29-24(32)23-28-20-15-31(13-7-21(20)30(23)2)14-12-25-8-10-26(16-25,11-9-25)17-33-3/h4-6H,7-17H2,1-3H3,(H,29,32). The van der Waals surface area contributed by atoms with Crippen molar-refractivity contribution in [2.75, 3.05) is 32.1 Å². The molecule has 2 aromatic rings. The minimum absolute atomic E-state index is 0.194. The van der Waals surface area contributed by atoms with Gasteiger partial charge in [-0.2, -0.15) is 0 Å². The van der Waals surface area contributed by atoms with Crippen molar-refractivity contribution in [3.05, 3.63) is 46.8 Å². The summed E-state index contributed by atoms with van der Waals surface area (Å²) in [5, 5.41) is 2.70. The van der Waals surface area contributed by atoms with Crippen molar-refractivity contribution in [2.45, 2.75) is 58.4 Å². The predicted molar refractivity (Wildman–Crippen MR) is 126 cm³/mol. The summed E-state index contributed by atoms with van der Waals surface area (Å²) in [5.74, 6) is -0.422. The SMILES string of the molecule is COCC12CCC(CCN3CCc4c(nc(C(=O)Nc5cccc(C)c5F)n4C)C3)(CC1)C2. The maximum Gasteiger partial charge on any atom is 0.291 e. The molecule has 2 bridgehead atoms. The monoisotopic (exact) mass is 454 g/mol. The van der Waals surface area contributed by atoms with Crippen LogP contribution < -0.4 is 5.32 Å². The average Bonchev–Trinajstić information content (AvgIpc) is 3.45. The van der Waals surface area contributed by atoms with Crippen molar-refractivity contribution in [2.24, 2.45) is 17.9 Å². The van der Waals surface area contributed by atoms with Gasteiger partial charge in [-0.05, 0) is 74.5 Å². The Hall–Kier alpha value is -2.25. The van der Waals surface area contributed by atoms with Crippen LogP contribution in [-0.2, 0) is 24.8 Å². The van der Waals surface area contributed by atoms with Gasteiger partial charge >= 0.3 is 0 Å². The zero-order valence-corrected chi connectivity index (χ0v) is 20.0. The minimum Gasteiger partial charge on any atom is -0.384 e. The Kier molecular flexibility index (Phi) is 5.81. The Morgan fingerprint density at radius 1 is 1.24 bits per heavy atom. The molecule has 2 saturated carbocycles. The molecule has 0 saturated heterocycles. The van der Waals surface area contributed by atoms with Crippen molar-refractivity contribution < 1.29 is 13.9 Å². The Morgan fingerprint density at radius 3 is 2.76 bits per heavy atom. The van der Waals surface area contributed by atoms with E-state index in [0.29, 0.717) is 22.2 Å². The molecule has 0 radical (unpaired) electrons. The second-order valence-corrected chi connectivity index (χ2v) is 10.7. The summed E-state index contributed by atoms with van der Waals surface area (Å²) in [7, 11) is 3.71. The number of ether oxygens (including phenoxy) is 1. The van der Waals surface area contributed by atoms with Crippen LogP contribution in [0.25, 0.3) is 0 Å². The molecule has 2 fully saturated rings. The minimum atomic E-state index is -0.399. The number of hydrogen-bond donors (Lipinski definition) is 1. The summed E-state index contributed by atoms with van der Waals surface area (Å²) in [6, 6.07) is 5.01. The van der Waals surface area contributed by atoms with Crippen LogP contribution in [0.1, 0.15) is 66.1 Å². The van der Waals surface area contributed by atoms with Crippen LogP contribution >= 0.6 is 0 Å². The summed E-state index contributed by atoms with van der Waals surface area (Å²) in [6.07, 6.45) is 8.72. The highest BCUT2D eigenvalue weighted by molar-refractivity contribution is 6.02. The van der Waals surface area contributed by atoms with Gasteiger partial charge in [0.05, 0.1) is 18.0 Å². The maximum absolute atomic E-state index is 14.3. The van der Waals surface area contributed by atoms with Crippen LogP contribution in [0.3, 0.4) is 0 Å². The summed E-state index contributed by atoms with van der Waals surface area (Å²) in [4.78, 5) is 20.0. The molecule has 2 aliphatic carbocycles. The van der Waals surface area contributed by atoms with Crippen molar-refractivity contribution >= 4 is 11.6 Å². The van der Waals surface area contributed by atoms with E-state index >= 15 is 0 Å². The number of nitrogens with zero attached hydrogens (tertiary/aromatic N) is 3. The molecular weight excluding hydrogens is 419 g/mol. The highest BCUT2D eigenvalue weighted by Gasteiger charge is 2.53. The fourth-order valence-electron chi connectivity index (χ4n) is 6.59. The average molecular weight is 455 g/mol. The molecule has 0 spiro atoms. The van der Waals surface area contributed by atoms with E-state index in [1.165, 1.54) is 38.5 Å². The van der Waals surface area contributed by atoms with Crippen LogP contribution in [0, 0.1) is 23.6 Å². The number of carbonyl (C=O) groups excluding carboxylic acids is 1. The summed E-state index contributed by atoms with van der Waals surface area (Å²) in [6.45, 7) is 5.43. The van der Waals surface area contributed by atoms with Gasteiger partial charge in [0.25, 0.3) is 5.91 Å². The summed E-state index contributed by atoms with van der Waals surface area (Å²) >= 11 is 0. The van der Waals surface area contributed by atoms with Gasteiger partial charge < -0.3 is 14.6 Å². The zero-order valence-electron chi connectivity index (χ0n) is 20.0. The van der Waals surface area contributed by atoms with E-state index in [-0.39, 0.29) is 11.6 Å². The molecule has 33 heavy (non-hydrogen) atoms. The van der Waals surface area contributed by atoms with Gasteiger partial charge in [-0.3, -0.25) is 9.69 Å². The Bertz CT molecular complexity index is 1050. The number of hydrogen-bond acceptors (Lipinski definition) is 4. The number of imidazole rings is 1. The Morgan fingerprint density at radius 2 is 2.00 bits per heavy atom. The molecule has 1 aromatic heterocycles. The lowest BCUT2D eigenvalue weighted by Gasteiger charge is -2.32. The quantitative estimate of drug-likeness (QED) is 0.671. The maximum atomic E-state index is 14.3. The number of halogens is 1. The third-order valence-corrected chi connectivity index (χ3v) is 8.51. The van der Waals surface area contributed by atoms with Crippen LogP contribution in [0.5, 0.6) is 0 Å². The van der Waals surface area contributed by atoms with E-state index in [0.717, 1.165) is 44.0 Å². The van der Waals surface area contributed by atoms with Crippen LogP contribution in [0.4, 0.5) is 10.1 Å². The molecule has 6 nitrogen and oxygen atoms in total. The zero-order chi connectivity index (χ0) is 23.2. The molecule has 1 N–H and O–H groups in total. The number of carbonyl (C=O) groups is 1. The van der Waals surface area contributed by atoms with Gasteiger partial charge in [0.1, 0.15) is 5.82 Å². The number of benzene rings is 1. The van der Waals surface area contributed by atoms with Gasteiger partial charge in [-0.15, -0.1) is 0 Å². The summed E-state index contributed by atoms with van der Waals surface area (Å²) < 4.78 is 21.8. The van der Waals surface area contributed by atoms with E-state index in [1.54, 1.807) is 25.1 Å². The van der Waals surface area contributed by atoms with Crippen LogP contribution in [0.15, 0.2) is 18.2 Å². The molecule has 0 unspecified atom stereocenters. The Labute approximate surface area is 195 Å². The molecule has 0 atom stereocenters. The van der Waals surface area contributed by atoms with E-state index in [9.17, 15) is 9.18 Å². The number of anilines is 1. The lowest BCUT2D eigenvalue weighted by Crippen LogP contribution is -2.34. The normalized spacial score (nSPS) is 26.5. The highest BCUT2D eigenvalue weighted by Crippen LogP contribution is 2.63. The molecule has 7 heteroatoms. The first-order valence-corrected chi connectivity index (χ1v) is 12.2. The number of rotatable bonds is 7. The fraction of sp³-hybridized carbons (Fsp3) is 0.615. The first-order chi connectivity index (χ1) is 15.8. The lowest BCUT2D eigenvalue weighted by molar-refractivity contribution is 0.0860. The molecule has 1 aliphatic heterocycles. The van der Waals surface area contributed by atoms with Crippen molar-refractivity contribution in [3.63, 3.8) is 0 Å². The van der Waals surface area contributed by atoms with Gasteiger partial charge in [0.15, 0.2) is 5.82 Å². The van der Waals surface area contributed by atoms with Crippen LogP contribution in [0.2, 0.25) is 0 Å². The number of fused-ring (bicyclic) bond motifs is 3. The molecule has 1 amide bonds. The number of aromatic nitrogens is 2. The van der Waals surface area contributed by atoms with Gasteiger partial charge in [-0.25, -0.2) is 9.37 Å². The predicted octanol–water partition coefficient (Wildman–Crippen LogP) is 4.47. The van der Waals surface area contributed by atoms with Gasteiger partial charge in [0.2, 0.25) is 0 Å². The third-order valence-electron chi connectivity index (χ3n) is 8.51.